The van der Waals surface area contributed by atoms with Gasteiger partial charge in [-0.3, -0.25) is 0 Å². The topological polar surface area (TPSA) is 60.8 Å². The smallest absolute Gasteiger partial charge is 0.0428 e. The molecule has 4 nitrogen and oxygen atoms in total. The molecule has 5 heteroatoms. The molecule has 1 aromatic rings. The van der Waals surface area contributed by atoms with Crippen LogP contribution in [0.5, 0.6) is 0 Å². The standard InChI is InChI=1S/C9H11ClN4/c10-13-9(7-12-14-11)6-8-4-2-1-3-5-8/h1-5,9,13H,6-7H2. The highest BCUT2D eigenvalue weighted by Crippen LogP contribution is 2.04. The lowest BCUT2D eigenvalue weighted by Gasteiger charge is -2.11. The summed E-state index contributed by atoms with van der Waals surface area (Å²) >= 11 is 5.52. The summed E-state index contributed by atoms with van der Waals surface area (Å²) < 4.78 is 0. The van der Waals surface area contributed by atoms with E-state index in [2.05, 4.69) is 14.9 Å². The van der Waals surface area contributed by atoms with Gasteiger partial charge in [-0.1, -0.05) is 35.4 Å². The van der Waals surface area contributed by atoms with Gasteiger partial charge in [-0.15, -0.1) is 0 Å². The Hall–Kier alpha value is -1.22. The molecule has 0 aliphatic rings. The quantitative estimate of drug-likeness (QED) is 0.345. The monoisotopic (exact) mass is 210 g/mol. The van der Waals surface area contributed by atoms with Gasteiger partial charge in [0.25, 0.3) is 0 Å². The molecule has 0 radical (unpaired) electrons. The lowest BCUT2D eigenvalue weighted by Crippen LogP contribution is -2.26. The van der Waals surface area contributed by atoms with E-state index in [1.807, 2.05) is 30.3 Å². The molecule has 14 heavy (non-hydrogen) atoms. The molecule has 1 aromatic carbocycles. The number of azide groups is 1. The van der Waals surface area contributed by atoms with Gasteiger partial charge < -0.3 is 0 Å². The fourth-order valence-corrected chi connectivity index (χ4v) is 1.32. The summed E-state index contributed by atoms with van der Waals surface area (Å²) in [7, 11) is 0. The van der Waals surface area contributed by atoms with Crippen molar-refractivity contribution < 1.29 is 0 Å². The van der Waals surface area contributed by atoms with Crippen molar-refractivity contribution in [2.45, 2.75) is 12.5 Å². The van der Waals surface area contributed by atoms with Gasteiger partial charge in [-0.25, -0.2) is 4.84 Å². The maximum atomic E-state index is 8.16. The van der Waals surface area contributed by atoms with E-state index in [1.165, 1.54) is 5.56 Å². The van der Waals surface area contributed by atoms with Crippen molar-refractivity contribution in [1.29, 1.82) is 0 Å². The minimum atomic E-state index is -0.0185. The van der Waals surface area contributed by atoms with E-state index < -0.39 is 0 Å². The number of benzene rings is 1. The van der Waals surface area contributed by atoms with Crippen LogP contribution in [0.1, 0.15) is 5.56 Å². The molecule has 0 aliphatic carbocycles. The third kappa shape index (κ3) is 3.66. The number of nitrogens with one attached hydrogen (secondary N) is 1. The number of rotatable bonds is 5. The van der Waals surface area contributed by atoms with Gasteiger partial charge in [-0.05, 0) is 29.3 Å². The molecule has 1 rings (SSSR count). The van der Waals surface area contributed by atoms with Crippen molar-refractivity contribution in [3.8, 4) is 0 Å². The minimum Gasteiger partial charge on any atom is -0.230 e. The van der Waals surface area contributed by atoms with E-state index in [9.17, 15) is 0 Å². The van der Waals surface area contributed by atoms with Gasteiger partial charge in [0.1, 0.15) is 0 Å². The van der Waals surface area contributed by atoms with Gasteiger partial charge in [0, 0.05) is 17.5 Å². The van der Waals surface area contributed by atoms with E-state index in [4.69, 9.17) is 17.3 Å². The minimum absolute atomic E-state index is 0.0185. The summed E-state index contributed by atoms with van der Waals surface area (Å²) in [5.41, 5.74) is 9.33. The first-order chi connectivity index (χ1) is 6.86. The van der Waals surface area contributed by atoms with Crippen molar-refractivity contribution in [3.05, 3.63) is 46.3 Å². The molecule has 0 saturated carbocycles. The van der Waals surface area contributed by atoms with Crippen LogP contribution < -0.4 is 4.84 Å². The highest BCUT2D eigenvalue weighted by molar-refractivity contribution is 6.13. The molecule has 0 aromatic heterocycles. The van der Waals surface area contributed by atoms with E-state index >= 15 is 0 Å². The fraction of sp³-hybridized carbons (Fsp3) is 0.333. The number of nitrogens with zero attached hydrogens (tertiary/aromatic N) is 3. The van der Waals surface area contributed by atoms with Crippen LogP contribution in [0.3, 0.4) is 0 Å². The predicted octanol–water partition coefficient (Wildman–Crippen LogP) is 2.65. The summed E-state index contributed by atoms with van der Waals surface area (Å²) in [6, 6.07) is 9.90. The second-order valence-corrected chi connectivity index (χ2v) is 3.13. The molecule has 0 fully saturated rings. The molecule has 0 aliphatic heterocycles. The highest BCUT2D eigenvalue weighted by atomic mass is 35.5. The van der Waals surface area contributed by atoms with Crippen molar-refractivity contribution in [1.82, 2.24) is 4.84 Å². The molecular formula is C9H11ClN4. The Kier molecular flexibility index (Phi) is 4.86. The number of hydrogen-bond acceptors (Lipinski definition) is 2. The van der Waals surface area contributed by atoms with Crippen LogP contribution in [-0.4, -0.2) is 12.6 Å². The van der Waals surface area contributed by atoms with E-state index in [1.54, 1.807) is 0 Å². The average Bonchev–Trinajstić information content (AvgIpc) is 2.25. The fourth-order valence-electron chi connectivity index (χ4n) is 1.17. The maximum absolute atomic E-state index is 8.16. The first-order valence-corrected chi connectivity index (χ1v) is 4.65. The van der Waals surface area contributed by atoms with Gasteiger partial charge >= 0.3 is 0 Å². The van der Waals surface area contributed by atoms with E-state index in [0.29, 0.717) is 6.54 Å². The summed E-state index contributed by atoms with van der Waals surface area (Å²) in [6.45, 7) is 0.356. The van der Waals surface area contributed by atoms with Gasteiger partial charge in [0.05, 0.1) is 0 Å². The summed E-state index contributed by atoms with van der Waals surface area (Å²) in [5, 5.41) is 3.47. The third-order valence-corrected chi connectivity index (χ3v) is 2.15. The van der Waals surface area contributed by atoms with Gasteiger partial charge in [0.15, 0.2) is 0 Å². The van der Waals surface area contributed by atoms with Crippen molar-refractivity contribution >= 4 is 11.8 Å². The Morgan fingerprint density at radius 1 is 1.43 bits per heavy atom. The molecule has 1 atom stereocenters. The number of hydrogen-bond donors (Lipinski definition) is 1. The third-order valence-electron chi connectivity index (χ3n) is 1.84. The predicted molar refractivity (Wildman–Crippen MR) is 56.9 cm³/mol. The molecule has 1 N–H and O–H groups in total. The molecule has 0 spiro atoms. The highest BCUT2D eigenvalue weighted by Gasteiger charge is 2.05. The Labute approximate surface area is 87.6 Å². The van der Waals surface area contributed by atoms with Crippen LogP contribution in [-0.2, 0) is 6.42 Å². The summed E-state index contributed by atoms with van der Waals surface area (Å²) in [4.78, 5) is 5.28. The van der Waals surface area contributed by atoms with Crippen LogP contribution in [0.2, 0.25) is 0 Å². The molecule has 74 valence electrons. The Morgan fingerprint density at radius 3 is 2.71 bits per heavy atom. The van der Waals surface area contributed by atoms with E-state index in [0.717, 1.165) is 6.42 Å². The first-order valence-electron chi connectivity index (χ1n) is 4.27. The normalized spacial score (nSPS) is 11.8. The van der Waals surface area contributed by atoms with Crippen molar-refractivity contribution in [2.24, 2.45) is 5.11 Å². The zero-order valence-corrected chi connectivity index (χ0v) is 8.35. The van der Waals surface area contributed by atoms with Crippen LogP contribution in [0, 0.1) is 0 Å². The Bertz CT molecular complexity index is 308. The molecular weight excluding hydrogens is 200 g/mol. The zero-order chi connectivity index (χ0) is 10.2. The Morgan fingerprint density at radius 2 is 2.14 bits per heavy atom. The Balaban J connectivity index is 2.52. The first kappa shape index (κ1) is 10.9. The van der Waals surface area contributed by atoms with Crippen LogP contribution in [0.25, 0.3) is 10.4 Å². The second kappa shape index (κ2) is 6.27. The van der Waals surface area contributed by atoms with Crippen molar-refractivity contribution in [2.75, 3.05) is 6.54 Å². The SMILES string of the molecule is [N-]=[N+]=NCC(Cc1ccccc1)NCl. The van der Waals surface area contributed by atoms with Crippen LogP contribution in [0.15, 0.2) is 35.4 Å². The van der Waals surface area contributed by atoms with E-state index in [-0.39, 0.29) is 6.04 Å². The molecule has 0 saturated heterocycles. The van der Waals surface area contributed by atoms with Crippen LogP contribution >= 0.6 is 11.8 Å². The average molecular weight is 211 g/mol. The lowest BCUT2D eigenvalue weighted by molar-refractivity contribution is 0.629. The van der Waals surface area contributed by atoms with Gasteiger partial charge in [0.2, 0.25) is 0 Å². The van der Waals surface area contributed by atoms with Gasteiger partial charge in [-0.2, -0.15) is 0 Å². The maximum Gasteiger partial charge on any atom is 0.0428 e. The summed E-state index contributed by atoms with van der Waals surface area (Å²) in [6.07, 6.45) is 0.753. The molecule has 0 amide bonds. The largest absolute Gasteiger partial charge is 0.230 e. The molecule has 1 unspecified atom stereocenters. The molecule has 0 heterocycles. The summed E-state index contributed by atoms with van der Waals surface area (Å²) in [5.74, 6) is 0. The molecule has 0 bridgehead atoms. The van der Waals surface area contributed by atoms with Crippen molar-refractivity contribution in [3.63, 3.8) is 0 Å². The zero-order valence-electron chi connectivity index (χ0n) is 7.60. The number of halogens is 1. The second-order valence-electron chi connectivity index (χ2n) is 2.91. The lowest BCUT2D eigenvalue weighted by atomic mass is 10.1. The van der Waals surface area contributed by atoms with Crippen LogP contribution in [0.4, 0.5) is 0 Å².